The summed E-state index contributed by atoms with van der Waals surface area (Å²) in [6.07, 6.45) is 1.58. The van der Waals surface area contributed by atoms with Crippen LogP contribution in [0.3, 0.4) is 0 Å². The van der Waals surface area contributed by atoms with Crippen molar-refractivity contribution in [2.75, 3.05) is 0 Å². The Labute approximate surface area is 114 Å². The molecule has 0 unspecified atom stereocenters. The van der Waals surface area contributed by atoms with Gasteiger partial charge in [-0.3, -0.25) is 4.98 Å². The molecule has 0 atom stereocenters. The summed E-state index contributed by atoms with van der Waals surface area (Å²) in [4.78, 5) is 15.1. The molecule has 20 heavy (non-hydrogen) atoms. The van der Waals surface area contributed by atoms with Crippen LogP contribution in [0.15, 0.2) is 36.5 Å². The third kappa shape index (κ3) is 2.84. The average Bonchev–Trinajstić information content (AvgIpc) is 2.45. The summed E-state index contributed by atoms with van der Waals surface area (Å²) in [5.74, 6) is -1.91. The van der Waals surface area contributed by atoms with E-state index in [0.29, 0.717) is 5.69 Å². The number of ether oxygens (including phenoxy) is 1. The van der Waals surface area contributed by atoms with Crippen molar-refractivity contribution in [3.63, 3.8) is 0 Å². The van der Waals surface area contributed by atoms with E-state index in [4.69, 9.17) is 15.1 Å². The fourth-order valence-electron chi connectivity index (χ4n) is 1.63. The van der Waals surface area contributed by atoms with Crippen molar-refractivity contribution in [2.24, 2.45) is 0 Å². The maximum Gasteiger partial charge on any atom is 0.343 e. The molecule has 0 aliphatic heterocycles. The first kappa shape index (κ1) is 13.4. The van der Waals surface area contributed by atoms with Gasteiger partial charge in [0.25, 0.3) is 0 Å². The highest BCUT2D eigenvalue weighted by molar-refractivity contribution is 5.94. The van der Waals surface area contributed by atoms with Gasteiger partial charge in [-0.05, 0) is 24.3 Å². The number of aromatic nitrogens is 1. The first-order valence-electron chi connectivity index (χ1n) is 5.65. The van der Waals surface area contributed by atoms with E-state index in [9.17, 15) is 9.90 Å². The molecule has 0 saturated heterocycles. The quantitative estimate of drug-likeness (QED) is 0.879. The Morgan fingerprint density at radius 2 is 2.20 bits per heavy atom. The number of pyridine rings is 1. The minimum absolute atomic E-state index is 0.0371. The lowest BCUT2D eigenvalue weighted by Crippen LogP contribution is -2.05. The van der Waals surface area contributed by atoms with Gasteiger partial charge in [0.2, 0.25) is 0 Å². The highest BCUT2D eigenvalue weighted by Gasteiger charge is 2.18. The Balaban J connectivity index is 2.32. The van der Waals surface area contributed by atoms with Gasteiger partial charge in [0.05, 0.1) is 17.3 Å². The van der Waals surface area contributed by atoms with Gasteiger partial charge in [-0.15, -0.1) is 0 Å². The fourth-order valence-corrected chi connectivity index (χ4v) is 1.63. The van der Waals surface area contributed by atoms with Crippen LogP contribution in [0.5, 0.6) is 11.5 Å². The van der Waals surface area contributed by atoms with Crippen LogP contribution in [0.1, 0.15) is 21.6 Å². The molecular weight excluding hydrogens is 260 g/mol. The predicted molar refractivity (Wildman–Crippen MR) is 68.4 cm³/mol. The van der Waals surface area contributed by atoms with Gasteiger partial charge >= 0.3 is 5.97 Å². The Kier molecular flexibility index (Phi) is 3.82. The van der Waals surface area contributed by atoms with Crippen molar-refractivity contribution in [3.8, 4) is 17.6 Å². The number of hydrogen-bond acceptors (Lipinski definition) is 5. The van der Waals surface area contributed by atoms with E-state index in [2.05, 4.69) is 4.98 Å². The van der Waals surface area contributed by atoms with Crippen LogP contribution < -0.4 is 4.74 Å². The van der Waals surface area contributed by atoms with Crippen LogP contribution >= 0.6 is 0 Å². The molecule has 0 fully saturated rings. The van der Waals surface area contributed by atoms with Crippen molar-refractivity contribution >= 4 is 5.97 Å². The van der Waals surface area contributed by atoms with E-state index in [0.717, 1.165) is 6.07 Å². The molecule has 1 heterocycles. The summed E-state index contributed by atoms with van der Waals surface area (Å²) in [6, 6.07) is 9.41. The lowest BCUT2D eigenvalue weighted by molar-refractivity contribution is 0.0688. The number of benzene rings is 1. The molecule has 1 aromatic heterocycles. The molecule has 6 heteroatoms. The standard InChI is InChI=1S/C14H10N2O4/c15-7-9-5-11(17)13(14(18)19)12(6-9)20-8-10-3-1-2-4-16-10/h1-6,17H,8H2,(H,18,19). The fraction of sp³-hybridized carbons (Fsp3) is 0.0714. The SMILES string of the molecule is N#Cc1cc(O)c(C(=O)O)c(OCc2ccccn2)c1. The minimum atomic E-state index is -1.33. The van der Waals surface area contributed by atoms with Gasteiger partial charge in [0.1, 0.15) is 23.7 Å². The van der Waals surface area contributed by atoms with Gasteiger partial charge in [-0.2, -0.15) is 5.26 Å². The number of carboxylic acids is 1. The van der Waals surface area contributed by atoms with Gasteiger partial charge < -0.3 is 14.9 Å². The van der Waals surface area contributed by atoms with Crippen molar-refractivity contribution < 1.29 is 19.7 Å². The number of phenols is 1. The van der Waals surface area contributed by atoms with E-state index < -0.39 is 11.7 Å². The topological polar surface area (TPSA) is 103 Å². The van der Waals surface area contributed by atoms with Crippen LogP contribution in [-0.4, -0.2) is 21.2 Å². The minimum Gasteiger partial charge on any atom is -0.507 e. The van der Waals surface area contributed by atoms with Crippen LogP contribution in [0.25, 0.3) is 0 Å². The summed E-state index contributed by atoms with van der Waals surface area (Å²) in [5.41, 5.74) is 0.342. The summed E-state index contributed by atoms with van der Waals surface area (Å²) in [5, 5.41) is 27.5. The van der Waals surface area contributed by atoms with Gasteiger partial charge in [0, 0.05) is 6.20 Å². The molecular formula is C14H10N2O4. The molecule has 0 amide bonds. The van der Waals surface area contributed by atoms with Crippen molar-refractivity contribution in [3.05, 3.63) is 53.3 Å². The lowest BCUT2D eigenvalue weighted by atomic mass is 10.1. The number of nitriles is 1. The second kappa shape index (κ2) is 5.71. The Hall–Kier alpha value is -3.07. The van der Waals surface area contributed by atoms with E-state index in [1.165, 1.54) is 6.07 Å². The molecule has 2 N–H and O–H groups in total. The first-order chi connectivity index (χ1) is 9.61. The maximum atomic E-state index is 11.1. The van der Waals surface area contributed by atoms with Crippen molar-refractivity contribution in [1.29, 1.82) is 5.26 Å². The number of aromatic carboxylic acids is 1. The maximum absolute atomic E-state index is 11.1. The summed E-state index contributed by atoms with van der Waals surface area (Å²) in [6.45, 7) is 0.0371. The molecule has 0 spiro atoms. The van der Waals surface area contributed by atoms with E-state index in [-0.39, 0.29) is 23.5 Å². The van der Waals surface area contributed by atoms with Gasteiger partial charge in [-0.25, -0.2) is 4.79 Å². The van der Waals surface area contributed by atoms with Gasteiger partial charge in [-0.1, -0.05) is 6.07 Å². The smallest absolute Gasteiger partial charge is 0.343 e. The van der Waals surface area contributed by atoms with Crippen molar-refractivity contribution in [1.82, 2.24) is 4.98 Å². The van der Waals surface area contributed by atoms with Crippen molar-refractivity contribution in [2.45, 2.75) is 6.61 Å². The molecule has 0 radical (unpaired) electrons. The van der Waals surface area contributed by atoms with E-state index >= 15 is 0 Å². The Morgan fingerprint density at radius 1 is 1.40 bits per heavy atom. The molecule has 0 saturated carbocycles. The summed E-state index contributed by atoms with van der Waals surface area (Å²) < 4.78 is 5.35. The highest BCUT2D eigenvalue weighted by atomic mass is 16.5. The molecule has 2 aromatic rings. The van der Waals surface area contributed by atoms with E-state index in [1.807, 2.05) is 6.07 Å². The molecule has 0 bridgehead atoms. The molecule has 2 rings (SSSR count). The number of hydrogen-bond donors (Lipinski definition) is 2. The first-order valence-corrected chi connectivity index (χ1v) is 5.65. The average molecular weight is 270 g/mol. The molecule has 0 aliphatic carbocycles. The molecule has 6 nitrogen and oxygen atoms in total. The molecule has 0 aliphatic rings. The highest BCUT2D eigenvalue weighted by Crippen LogP contribution is 2.30. The van der Waals surface area contributed by atoms with Gasteiger partial charge in [0.15, 0.2) is 0 Å². The Bertz CT molecular complexity index is 678. The lowest BCUT2D eigenvalue weighted by Gasteiger charge is -2.10. The second-order valence-corrected chi connectivity index (χ2v) is 3.90. The number of rotatable bonds is 4. The Morgan fingerprint density at radius 3 is 2.80 bits per heavy atom. The normalized spacial score (nSPS) is 9.75. The largest absolute Gasteiger partial charge is 0.507 e. The zero-order chi connectivity index (χ0) is 14.5. The molecule has 100 valence electrons. The molecule has 1 aromatic carbocycles. The number of carbonyl (C=O) groups is 1. The predicted octanol–water partition coefficient (Wildman–Crippen LogP) is 1.94. The zero-order valence-electron chi connectivity index (χ0n) is 10.3. The third-order valence-corrected chi connectivity index (χ3v) is 2.53. The van der Waals surface area contributed by atoms with Crippen LogP contribution in [-0.2, 0) is 6.61 Å². The van der Waals surface area contributed by atoms with Crippen LogP contribution in [0.4, 0.5) is 0 Å². The number of nitrogens with zero attached hydrogens (tertiary/aromatic N) is 2. The summed E-state index contributed by atoms with van der Waals surface area (Å²) >= 11 is 0. The van der Waals surface area contributed by atoms with Crippen LogP contribution in [0.2, 0.25) is 0 Å². The second-order valence-electron chi connectivity index (χ2n) is 3.90. The van der Waals surface area contributed by atoms with E-state index in [1.54, 1.807) is 24.4 Å². The third-order valence-electron chi connectivity index (χ3n) is 2.53. The number of aromatic hydroxyl groups is 1. The van der Waals surface area contributed by atoms with Crippen LogP contribution in [0, 0.1) is 11.3 Å². The zero-order valence-corrected chi connectivity index (χ0v) is 10.3. The summed E-state index contributed by atoms with van der Waals surface area (Å²) in [7, 11) is 0. The monoisotopic (exact) mass is 270 g/mol. The number of carboxylic acid groups (broad SMARTS) is 1.